The van der Waals surface area contributed by atoms with Gasteiger partial charge >= 0.3 is 0 Å². The quantitative estimate of drug-likeness (QED) is 0.144. The lowest BCUT2D eigenvalue weighted by molar-refractivity contribution is -0.00891. The smallest absolute Gasteiger partial charge is 0.128 e. The van der Waals surface area contributed by atoms with Crippen LogP contribution in [0.1, 0.15) is 252 Å². The summed E-state index contributed by atoms with van der Waals surface area (Å²) in [5, 5.41) is 0. The van der Waals surface area contributed by atoms with Gasteiger partial charge in [0.1, 0.15) is 17.5 Å². The van der Waals surface area contributed by atoms with Crippen LogP contribution in [0.3, 0.4) is 0 Å². The Hall–Kier alpha value is -7.15. The van der Waals surface area contributed by atoms with Gasteiger partial charge < -0.3 is 24.3 Å². The highest BCUT2D eigenvalue weighted by atomic mass is 19.1. The predicted octanol–water partition coefficient (Wildman–Crippen LogP) is 20.3. The molecule has 7 aromatic rings. The molecule has 0 radical (unpaired) electrons. The van der Waals surface area contributed by atoms with Crippen LogP contribution < -0.4 is 19.6 Å². The van der Waals surface area contributed by atoms with Gasteiger partial charge in [0.2, 0.25) is 0 Å². The minimum atomic E-state index is -0.165. The molecule has 0 unspecified atom stereocenters. The Kier molecular flexibility index (Phi) is 40.9. The lowest BCUT2D eigenvalue weighted by Crippen LogP contribution is -2.53. The lowest BCUT2D eigenvalue weighted by Gasteiger charge is -2.44. The van der Waals surface area contributed by atoms with Crippen LogP contribution in [-0.2, 0) is 4.74 Å². The van der Waals surface area contributed by atoms with Gasteiger partial charge in [0.15, 0.2) is 0 Å². The molecule has 21 heteroatoms. The molecule has 9 aliphatic rings. The van der Waals surface area contributed by atoms with Crippen molar-refractivity contribution < 1.29 is 13.5 Å². The Balaban J connectivity index is 0.000000167. The van der Waals surface area contributed by atoms with E-state index in [0.29, 0.717) is 39.5 Å². The van der Waals surface area contributed by atoms with Gasteiger partial charge in [0.05, 0.1) is 25.1 Å². The first kappa shape index (κ1) is 107. The molecule has 16 rings (SSSR count). The third-order valence-corrected chi connectivity index (χ3v) is 28.0. The fourth-order valence-electron chi connectivity index (χ4n) is 19.2. The summed E-state index contributed by atoms with van der Waals surface area (Å²) in [4.78, 5) is 53.8. The Bertz CT molecular complexity index is 3690. The number of ether oxygens (including phenoxy) is 1. The summed E-state index contributed by atoms with van der Waals surface area (Å²) in [5.41, 5.74) is 10.1. The van der Waals surface area contributed by atoms with Crippen LogP contribution in [-0.4, -0.2) is 303 Å². The van der Waals surface area contributed by atoms with Gasteiger partial charge in [-0.15, -0.1) is 0 Å². The maximum absolute atomic E-state index is 12.9. The summed E-state index contributed by atoms with van der Waals surface area (Å²) < 4.78 is 31.1. The van der Waals surface area contributed by atoms with Gasteiger partial charge in [-0.25, -0.2) is 13.8 Å². The van der Waals surface area contributed by atoms with Crippen molar-refractivity contribution in [2.75, 3.05) is 203 Å². The number of benzene rings is 2. The number of pyridine rings is 5. The van der Waals surface area contributed by atoms with E-state index in [2.05, 4.69) is 309 Å². The molecular weight excluding hydrogens is 1620 g/mol. The molecular formula is C109H176F2N18O. The van der Waals surface area contributed by atoms with Gasteiger partial charge in [-0.1, -0.05) is 24.3 Å². The molecule has 14 heterocycles. The molecule has 0 aliphatic carbocycles. The predicted molar refractivity (Wildman–Crippen MR) is 545 cm³/mol. The minimum absolute atomic E-state index is 0.138. The topological polar surface area (TPSA) is 116 Å². The van der Waals surface area contributed by atoms with Gasteiger partial charge in [0, 0.05) is 248 Å². The first-order valence-corrected chi connectivity index (χ1v) is 49.7. The summed E-state index contributed by atoms with van der Waals surface area (Å²) >= 11 is 0. The molecule has 9 fully saturated rings. The Morgan fingerprint density at radius 2 is 0.569 bits per heavy atom. The van der Waals surface area contributed by atoms with Crippen molar-refractivity contribution in [3.63, 3.8) is 0 Å². The van der Waals surface area contributed by atoms with Crippen molar-refractivity contribution in [3.05, 3.63) is 199 Å². The van der Waals surface area contributed by atoms with E-state index in [1.165, 1.54) is 131 Å². The van der Waals surface area contributed by atoms with Gasteiger partial charge in [-0.05, 0) is 377 Å². The Labute approximate surface area is 788 Å². The van der Waals surface area contributed by atoms with Gasteiger partial charge in [0.25, 0.3) is 0 Å². The second-order valence-electron chi connectivity index (χ2n) is 45.1. The molecule has 0 bridgehead atoms. The van der Waals surface area contributed by atoms with Crippen molar-refractivity contribution in [1.82, 2.24) is 69.0 Å². The Morgan fingerprint density at radius 3 is 0.915 bits per heavy atom. The zero-order valence-electron chi connectivity index (χ0n) is 85.6. The number of halogens is 2. The first-order valence-electron chi connectivity index (χ1n) is 49.7. The van der Waals surface area contributed by atoms with Gasteiger partial charge in [-0.2, -0.15) is 0 Å². The van der Waals surface area contributed by atoms with E-state index in [9.17, 15) is 8.78 Å². The van der Waals surface area contributed by atoms with E-state index in [1.54, 1.807) is 12.1 Å². The zero-order chi connectivity index (χ0) is 94.5. The average Bonchev–Trinajstić information content (AvgIpc) is 0.748. The number of nitrogens with zero attached hydrogens (tertiary/aromatic N) is 18. The molecule has 0 amide bonds. The molecule has 0 saturated carbocycles. The zero-order valence-corrected chi connectivity index (χ0v) is 85.6. The standard InChI is InChI=1S/C15H22FN.C14H21FN2.2C14H22N2.3C13H21N3.C13H26N2O/c1-15(2,3)17-10-8-13(9-11-17)12-4-6-14(16)7-5-12;1-14(2,3)17-10-8-16(9-11-17)13-6-4-12(15)5-7-13;1-14(2,3)16-10-6-13(7-11-16)12-4-8-15-9-5-12;1-14(2,3)16-10-7-12(8-11-16)13-6-4-5-9-15-13;1-13(2,3)16-10-8-15(9-11-16)12-4-6-14-7-5-12;1-13(2,3)16-9-7-15(8-10-16)12-5-4-6-14-11-12;1-13(2,3)16-10-8-15(9-11-16)12-6-4-5-7-14-12;1-13(2,3)15-6-4-12(5-7-15)14-8-10-16-11-9-14/h4-7,13H,8-11H2,1-3H3;4-7H,8-11H2,1-3H3;4-5,8-9,13H,6-7,10-11H2,1-3H3;4-6,9,12H,7-8,10-11H2,1-3H3;4-7H,8-11H2,1-3H3;4-6,11H,7-10H2,1-3H3;4-7H,8-11H2,1-3H3;12H,4-11H2,1-3H3. The van der Waals surface area contributed by atoms with Crippen molar-refractivity contribution in [3.8, 4) is 0 Å². The summed E-state index contributed by atoms with van der Waals surface area (Å²) in [6.07, 6.45) is 25.2. The van der Waals surface area contributed by atoms with Crippen LogP contribution in [0, 0.1) is 11.6 Å². The molecule has 722 valence electrons. The highest BCUT2D eigenvalue weighted by molar-refractivity contribution is 5.48. The lowest BCUT2D eigenvalue weighted by atomic mass is 9.87. The second kappa shape index (κ2) is 49.9. The average molecular weight is 1790 g/mol. The van der Waals surface area contributed by atoms with Crippen LogP contribution in [0.4, 0.5) is 31.7 Å². The van der Waals surface area contributed by atoms with E-state index >= 15 is 0 Å². The van der Waals surface area contributed by atoms with E-state index < -0.39 is 0 Å². The maximum Gasteiger partial charge on any atom is 0.128 e. The summed E-state index contributed by atoms with van der Waals surface area (Å²) in [7, 11) is 0. The van der Waals surface area contributed by atoms with Crippen LogP contribution in [0.15, 0.2) is 171 Å². The fraction of sp³-hybridized carbons (Fsp3) is 0.661. The molecule has 0 atom stereocenters. The number of rotatable bonds is 8. The number of aromatic nitrogens is 5. The van der Waals surface area contributed by atoms with Crippen molar-refractivity contribution in [2.45, 2.75) is 286 Å². The molecule has 9 saturated heterocycles. The first-order chi connectivity index (χ1) is 61.4. The van der Waals surface area contributed by atoms with Gasteiger partial charge in [-0.3, -0.25) is 64.0 Å². The molecule has 5 aromatic heterocycles. The third-order valence-electron chi connectivity index (χ3n) is 28.0. The summed E-state index contributed by atoms with van der Waals surface area (Å²) in [6.45, 7) is 86.2. The number of anilines is 4. The maximum atomic E-state index is 12.9. The summed E-state index contributed by atoms with van der Waals surface area (Å²) in [6, 6.07) is 39.6. The van der Waals surface area contributed by atoms with Crippen molar-refractivity contribution in [2.24, 2.45) is 0 Å². The molecule has 130 heavy (non-hydrogen) atoms. The minimum Gasteiger partial charge on any atom is -0.379 e. The highest BCUT2D eigenvalue weighted by Crippen LogP contribution is 2.35. The van der Waals surface area contributed by atoms with E-state index in [1.807, 2.05) is 92.0 Å². The number of hydrogen-bond donors (Lipinski definition) is 0. The molecule has 2 aromatic carbocycles. The monoisotopic (exact) mass is 1790 g/mol. The van der Waals surface area contributed by atoms with Crippen LogP contribution in [0.2, 0.25) is 0 Å². The number of hydrogen-bond acceptors (Lipinski definition) is 19. The molecule has 19 nitrogen and oxygen atoms in total. The van der Waals surface area contributed by atoms with Crippen LogP contribution in [0.5, 0.6) is 0 Å². The van der Waals surface area contributed by atoms with E-state index in [4.69, 9.17) is 4.74 Å². The highest BCUT2D eigenvalue weighted by Gasteiger charge is 2.36. The third kappa shape index (κ3) is 35.6. The largest absolute Gasteiger partial charge is 0.379 e. The normalized spacial score (nSPS) is 20.2. The van der Waals surface area contributed by atoms with Crippen molar-refractivity contribution >= 4 is 22.9 Å². The molecule has 0 N–H and O–H groups in total. The number of piperazine rings is 4. The van der Waals surface area contributed by atoms with E-state index in [0.717, 1.165) is 168 Å². The van der Waals surface area contributed by atoms with Crippen LogP contribution in [0.25, 0.3) is 0 Å². The summed E-state index contributed by atoms with van der Waals surface area (Å²) in [5.74, 6) is 2.81. The van der Waals surface area contributed by atoms with Crippen LogP contribution >= 0.6 is 0 Å². The second-order valence-corrected chi connectivity index (χ2v) is 45.1. The molecule has 9 aliphatic heterocycles. The van der Waals surface area contributed by atoms with Crippen molar-refractivity contribution in [1.29, 1.82) is 0 Å². The van der Waals surface area contributed by atoms with E-state index in [-0.39, 0.29) is 28.3 Å². The fourth-order valence-corrected chi connectivity index (χ4v) is 19.2. The molecule has 0 spiro atoms. The number of piperidine rings is 4. The number of likely N-dealkylation sites (tertiary alicyclic amines) is 4. The number of morpholine rings is 1. The SMILES string of the molecule is CC(C)(C)N1CCC(N2CCOCC2)CC1.CC(C)(C)N1CCC(c2ccc(F)cc2)CC1.CC(C)(C)N1CCC(c2ccccn2)CC1.CC(C)(C)N1CCC(c2ccncc2)CC1.CC(C)(C)N1CCN(c2ccc(F)cc2)CC1.CC(C)(C)N1CCN(c2ccccn2)CC1.CC(C)(C)N1CCN(c2cccnc2)CC1.CC(C)(C)N1CCN(c2ccncc2)CC1. The Morgan fingerprint density at radius 1 is 0.254 bits per heavy atom.